The van der Waals surface area contributed by atoms with Crippen molar-refractivity contribution in [1.29, 1.82) is 0 Å². The summed E-state index contributed by atoms with van der Waals surface area (Å²) in [6.07, 6.45) is 24.2. The van der Waals surface area contributed by atoms with Crippen LogP contribution >= 0.6 is 0 Å². The van der Waals surface area contributed by atoms with Gasteiger partial charge in [0.2, 0.25) is 0 Å². The van der Waals surface area contributed by atoms with Gasteiger partial charge in [-0.2, -0.15) is 0 Å². The molecule has 0 saturated heterocycles. The lowest BCUT2D eigenvalue weighted by molar-refractivity contribution is 0.469. The summed E-state index contributed by atoms with van der Waals surface area (Å²) in [5.41, 5.74) is 0.500. The van der Waals surface area contributed by atoms with Gasteiger partial charge in [-0.05, 0) is 40.9 Å². The van der Waals surface area contributed by atoms with E-state index in [1.807, 2.05) is 0 Å². The van der Waals surface area contributed by atoms with Crippen molar-refractivity contribution in [3.63, 3.8) is 0 Å². The molecule has 0 radical (unpaired) electrons. The Bertz CT molecular complexity index is 395. The molecule has 0 atom stereocenters. The predicted molar refractivity (Wildman–Crippen MR) is 277 cm³/mol. The van der Waals surface area contributed by atoms with E-state index in [0.717, 1.165) is 35.5 Å². The first kappa shape index (κ1) is 82.8. The van der Waals surface area contributed by atoms with Gasteiger partial charge in [0.15, 0.2) is 0 Å². The Morgan fingerprint density at radius 3 is 0.491 bits per heavy atom. The van der Waals surface area contributed by atoms with E-state index in [1.54, 1.807) is 0 Å². The Morgan fingerprint density at radius 1 is 0.291 bits per heavy atom. The lowest BCUT2D eigenvalue weighted by Gasteiger charge is -2.05. The Labute approximate surface area is 363 Å². The normalized spacial score (nSPS) is 9.38. The summed E-state index contributed by atoms with van der Waals surface area (Å²) in [6, 6.07) is 0. The molecule has 0 nitrogen and oxygen atoms in total. The molecule has 0 bridgehead atoms. The maximum atomic E-state index is 2.28. The van der Waals surface area contributed by atoms with Crippen LogP contribution in [0.2, 0.25) is 0 Å². The van der Waals surface area contributed by atoms with E-state index in [9.17, 15) is 0 Å². The molecule has 0 aliphatic rings. The first-order valence-electron chi connectivity index (χ1n) is 25.3. The highest BCUT2D eigenvalue weighted by Gasteiger charge is 1.95. The van der Waals surface area contributed by atoms with Crippen molar-refractivity contribution in [2.75, 3.05) is 0 Å². The SMILES string of the molecule is CC(C)(C)C.CC(C)C.CCC.CCC(C)C.CCC(C)C.CCC(C)CC.CCCC.CCCC(C)C.CCCC(C)C.CCCCC.CCCCCC. The highest BCUT2D eigenvalue weighted by molar-refractivity contribution is 4.47. The van der Waals surface area contributed by atoms with Crippen LogP contribution in [0.5, 0.6) is 0 Å². The van der Waals surface area contributed by atoms with Crippen LogP contribution in [-0.2, 0) is 0 Å². The molecule has 0 rings (SSSR count). The van der Waals surface area contributed by atoms with Crippen LogP contribution in [0, 0.1) is 40.9 Å². The van der Waals surface area contributed by atoms with E-state index in [4.69, 9.17) is 0 Å². The third-order valence-corrected chi connectivity index (χ3v) is 6.92. The summed E-state index contributed by atoms with van der Waals surface area (Å²) >= 11 is 0. The fraction of sp³-hybridized carbons (Fsp3) is 1.00. The largest absolute Gasteiger partial charge is 0.0656 e. The molecule has 0 amide bonds. The third kappa shape index (κ3) is 365. The monoisotopic (exact) mass is 793 g/mol. The lowest BCUT2D eigenvalue weighted by Crippen LogP contribution is -1.93. The maximum Gasteiger partial charge on any atom is -0.0411 e. The summed E-state index contributed by atoms with van der Waals surface area (Å²) in [5, 5.41) is 0. The van der Waals surface area contributed by atoms with Gasteiger partial charge in [0.1, 0.15) is 0 Å². The summed E-state index contributed by atoms with van der Waals surface area (Å²) in [6.45, 7) is 66.2. The molecule has 0 N–H and O–H groups in total. The standard InChI is InChI=1S/4C6H14.4C5H12.2C4H10.C3H8/c2*1-4-5-6(2)3;1-4-6(3)5-2;1-3-5-6-4-2;1-5(2,3)4;2*1-4-5(2)3;1-3-5-4-2;1-4(2)3;1-3-4-2;1-3-2/h3*6H,4-5H2,1-3H3;3-6H2,1-2H3;1-4H3;2*5H,4H2,1-3H3;3-5H2,1-2H3;4H,1-3H3;3-4H2,1-2H3;3H2,1-2H3. The summed E-state index contributed by atoms with van der Waals surface area (Å²) in [5.74, 6) is 5.33. The van der Waals surface area contributed by atoms with Crippen LogP contribution in [0.1, 0.15) is 323 Å². The zero-order valence-electron chi connectivity index (χ0n) is 46.7. The first-order chi connectivity index (χ1) is 25.3. The molecule has 0 heteroatoms. The quantitative estimate of drug-likeness (QED) is 0.154. The van der Waals surface area contributed by atoms with Crippen molar-refractivity contribution in [1.82, 2.24) is 0 Å². The second-order valence-electron chi connectivity index (χ2n) is 19.4. The fourth-order valence-corrected chi connectivity index (χ4v) is 2.30. The van der Waals surface area contributed by atoms with Crippen molar-refractivity contribution >= 4 is 0 Å². The second kappa shape index (κ2) is 86.0. The van der Waals surface area contributed by atoms with Crippen LogP contribution in [0.3, 0.4) is 0 Å². The average Bonchev–Trinajstić information content (AvgIpc) is 3.08. The van der Waals surface area contributed by atoms with Gasteiger partial charge < -0.3 is 0 Å². The number of hydrogen-bond donors (Lipinski definition) is 0. The third-order valence-electron chi connectivity index (χ3n) is 6.92. The van der Waals surface area contributed by atoms with E-state index in [1.165, 1.54) is 116 Å². The van der Waals surface area contributed by atoms with Gasteiger partial charge in [-0.15, -0.1) is 0 Å². The Morgan fingerprint density at radius 2 is 0.473 bits per heavy atom. The van der Waals surface area contributed by atoms with E-state index in [2.05, 4.69) is 208 Å². The molecular weight excluding hydrogens is 661 g/mol. The van der Waals surface area contributed by atoms with Crippen LogP contribution in [0.25, 0.3) is 0 Å². The summed E-state index contributed by atoms with van der Waals surface area (Å²) < 4.78 is 0. The van der Waals surface area contributed by atoms with Crippen molar-refractivity contribution in [2.24, 2.45) is 40.9 Å². The Kier molecular flexibility index (Phi) is 130. The first-order valence-corrected chi connectivity index (χ1v) is 25.3. The van der Waals surface area contributed by atoms with Gasteiger partial charge in [-0.1, -0.05) is 323 Å². The Hall–Kier alpha value is 0. The summed E-state index contributed by atoms with van der Waals surface area (Å²) in [4.78, 5) is 0. The highest BCUT2D eigenvalue weighted by Crippen LogP contribution is 2.08. The molecule has 0 fully saturated rings. The van der Waals surface area contributed by atoms with Crippen LogP contribution in [0.15, 0.2) is 0 Å². The molecule has 352 valence electrons. The number of rotatable bonds is 14. The minimum absolute atomic E-state index is 0.500. The molecule has 0 saturated carbocycles. The molecule has 0 aliphatic carbocycles. The molecule has 0 aromatic carbocycles. The number of unbranched alkanes of at least 4 members (excludes halogenated alkanes) is 6. The van der Waals surface area contributed by atoms with E-state index in [0.29, 0.717) is 5.41 Å². The maximum absolute atomic E-state index is 2.28. The molecule has 0 aliphatic heterocycles. The molecule has 0 unspecified atom stereocenters. The highest BCUT2D eigenvalue weighted by atomic mass is 14.0. The van der Waals surface area contributed by atoms with Crippen LogP contribution in [-0.4, -0.2) is 0 Å². The van der Waals surface area contributed by atoms with Crippen LogP contribution in [0.4, 0.5) is 0 Å². The van der Waals surface area contributed by atoms with Crippen molar-refractivity contribution < 1.29 is 0 Å². The topological polar surface area (TPSA) is 0 Å². The zero-order valence-corrected chi connectivity index (χ0v) is 46.7. The van der Waals surface area contributed by atoms with Crippen molar-refractivity contribution in [3.05, 3.63) is 0 Å². The average molecular weight is 794 g/mol. The van der Waals surface area contributed by atoms with Gasteiger partial charge in [0.25, 0.3) is 0 Å². The zero-order chi connectivity index (χ0) is 46.7. The fourth-order valence-electron chi connectivity index (χ4n) is 2.30. The van der Waals surface area contributed by atoms with Gasteiger partial charge in [-0.25, -0.2) is 0 Å². The van der Waals surface area contributed by atoms with E-state index >= 15 is 0 Å². The van der Waals surface area contributed by atoms with Gasteiger partial charge >= 0.3 is 0 Å². The molecule has 0 heterocycles. The smallest absolute Gasteiger partial charge is 0.0411 e. The molecule has 55 heavy (non-hydrogen) atoms. The van der Waals surface area contributed by atoms with Gasteiger partial charge in [0.05, 0.1) is 0 Å². The molecule has 0 aromatic rings. The lowest BCUT2D eigenvalue weighted by atomic mass is 10.0. The summed E-state index contributed by atoms with van der Waals surface area (Å²) in [7, 11) is 0. The molecule has 0 aromatic heterocycles. The minimum Gasteiger partial charge on any atom is -0.0656 e. The van der Waals surface area contributed by atoms with Crippen molar-refractivity contribution in [3.8, 4) is 0 Å². The van der Waals surface area contributed by atoms with E-state index < -0.39 is 0 Å². The second-order valence-corrected chi connectivity index (χ2v) is 19.4. The predicted octanol–water partition coefficient (Wildman–Crippen LogP) is 23.2. The van der Waals surface area contributed by atoms with Gasteiger partial charge in [0, 0.05) is 0 Å². The molecular formula is C55H132. The molecule has 0 spiro atoms. The van der Waals surface area contributed by atoms with E-state index in [-0.39, 0.29) is 0 Å². The number of hydrogen-bond acceptors (Lipinski definition) is 0. The van der Waals surface area contributed by atoms with Gasteiger partial charge in [-0.3, -0.25) is 0 Å². The van der Waals surface area contributed by atoms with Crippen molar-refractivity contribution in [2.45, 2.75) is 323 Å². The minimum atomic E-state index is 0.500. The Balaban J connectivity index is -0.0000000432. The van der Waals surface area contributed by atoms with Crippen LogP contribution < -0.4 is 0 Å².